The molecule has 1 aliphatic rings. The molecule has 102 valence electrons. The van der Waals surface area contributed by atoms with Crippen molar-refractivity contribution in [2.24, 2.45) is 0 Å². The fourth-order valence-corrected chi connectivity index (χ4v) is 2.22. The van der Waals surface area contributed by atoms with Crippen molar-refractivity contribution in [2.75, 3.05) is 6.54 Å². The molecule has 1 heterocycles. The number of nitrogens with zero attached hydrogens (tertiary/aromatic N) is 1. The van der Waals surface area contributed by atoms with Crippen LogP contribution in [-0.2, 0) is 0 Å². The summed E-state index contributed by atoms with van der Waals surface area (Å²) >= 11 is 0. The molecule has 0 aromatic rings. The second-order valence-corrected chi connectivity index (χ2v) is 4.87. The van der Waals surface area contributed by atoms with Crippen molar-refractivity contribution in [3.63, 3.8) is 0 Å². The van der Waals surface area contributed by atoms with Crippen molar-refractivity contribution < 1.29 is 4.90 Å². The Morgan fingerprint density at radius 1 is 0.778 bits per heavy atom. The number of unbranched alkanes of at least 4 members (excludes halogenated alkanes) is 8. The Hall–Kier alpha value is -1.07. The molecule has 0 spiro atoms. The minimum absolute atomic E-state index is 1.28. The van der Waals surface area contributed by atoms with E-state index in [1.54, 1.807) is 0 Å². The van der Waals surface area contributed by atoms with E-state index in [0.29, 0.717) is 0 Å². The zero-order valence-electron chi connectivity index (χ0n) is 11.8. The molecule has 0 saturated heterocycles. The summed E-state index contributed by atoms with van der Waals surface area (Å²) in [5.41, 5.74) is 0. The molecule has 0 aromatic carbocycles. The van der Waals surface area contributed by atoms with Crippen molar-refractivity contribution in [1.29, 1.82) is 5.26 Å². The molecule has 0 amide bonds. The fraction of sp³-hybridized carbons (Fsp3) is 0.688. The highest BCUT2D eigenvalue weighted by molar-refractivity contribution is 5.00. The molecule has 0 aliphatic carbocycles. The van der Waals surface area contributed by atoms with Gasteiger partial charge in [0.25, 0.3) is 0 Å². The van der Waals surface area contributed by atoms with Gasteiger partial charge in [-0.2, -0.15) is 0 Å². The average molecular weight is 248 g/mol. The largest absolute Gasteiger partial charge is 0.512 e. The third-order valence-electron chi connectivity index (χ3n) is 3.30. The van der Waals surface area contributed by atoms with Crippen LogP contribution in [0.15, 0.2) is 24.6 Å². The van der Waals surface area contributed by atoms with E-state index in [0.717, 1.165) is 0 Å². The summed E-state index contributed by atoms with van der Waals surface area (Å²) in [4.78, 5) is 1.52. The molecule has 1 aliphatic heterocycles. The van der Waals surface area contributed by atoms with Gasteiger partial charge in [0.1, 0.15) is 0 Å². The van der Waals surface area contributed by atoms with E-state index >= 15 is 0 Å². The van der Waals surface area contributed by atoms with Crippen molar-refractivity contribution in [3.8, 4) is 0 Å². The van der Waals surface area contributed by atoms with Crippen LogP contribution in [0.25, 0.3) is 0 Å². The summed E-state index contributed by atoms with van der Waals surface area (Å²) in [6.45, 7) is 8.31. The van der Waals surface area contributed by atoms with Crippen LogP contribution in [0.3, 0.4) is 0 Å². The van der Waals surface area contributed by atoms with Gasteiger partial charge in [-0.05, 0) is 25.0 Å². The van der Waals surface area contributed by atoms with E-state index in [9.17, 15) is 0 Å². The molecule has 1 rings (SSSR count). The first-order valence-electron chi connectivity index (χ1n) is 7.36. The molecule has 0 radical (unpaired) electrons. The number of hydrogen-bond acceptors (Lipinski definition) is 1. The summed E-state index contributed by atoms with van der Waals surface area (Å²) in [6.07, 6.45) is 21.6. The summed E-state index contributed by atoms with van der Waals surface area (Å²) in [5.74, 6) is 0. The molecule has 0 bridgehead atoms. The number of allylic oxidation sites excluding steroid dienone is 2. The second-order valence-electron chi connectivity index (χ2n) is 4.87. The topological polar surface area (TPSA) is 28.2 Å². The predicted octanol–water partition coefficient (Wildman–Crippen LogP) is 3.54. The van der Waals surface area contributed by atoms with E-state index in [-0.39, 0.29) is 0 Å². The van der Waals surface area contributed by atoms with Crippen LogP contribution in [0.1, 0.15) is 64.7 Å². The lowest BCUT2D eigenvalue weighted by molar-refractivity contribution is -0.787. The van der Waals surface area contributed by atoms with Crippen LogP contribution in [0.4, 0.5) is 0 Å². The molecule has 1 N–H and O–H groups in total. The first kappa shape index (κ1) is 16.9. The highest BCUT2D eigenvalue weighted by Crippen LogP contribution is 2.08. The van der Waals surface area contributed by atoms with Crippen LogP contribution in [0.5, 0.6) is 0 Å². The van der Waals surface area contributed by atoms with Crippen molar-refractivity contribution >= 4 is 0 Å². The SMILES string of the molecule is CCCCCCCCCCC[NH+]1C=CC=C1.[C-]#N. The maximum Gasteiger partial charge on any atom is 0.0990 e. The van der Waals surface area contributed by atoms with Gasteiger partial charge >= 0.3 is 0 Å². The maximum absolute atomic E-state index is 6.25. The number of nitrogens with one attached hydrogen (secondary N) is 1. The van der Waals surface area contributed by atoms with E-state index in [1.807, 2.05) is 0 Å². The highest BCUT2D eigenvalue weighted by Gasteiger charge is 2.02. The molecule has 2 heteroatoms. The van der Waals surface area contributed by atoms with Gasteiger partial charge in [0.2, 0.25) is 0 Å². The zero-order valence-corrected chi connectivity index (χ0v) is 11.8. The van der Waals surface area contributed by atoms with Crippen LogP contribution in [0, 0.1) is 11.8 Å². The molecule has 0 atom stereocenters. The molecule has 2 nitrogen and oxygen atoms in total. The Morgan fingerprint density at radius 2 is 1.22 bits per heavy atom. The van der Waals surface area contributed by atoms with Gasteiger partial charge in [0.15, 0.2) is 0 Å². The molecule has 0 aromatic heterocycles. The summed E-state index contributed by atoms with van der Waals surface area (Å²) in [6, 6.07) is 0. The summed E-state index contributed by atoms with van der Waals surface area (Å²) in [5, 5.41) is 6.25. The average Bonchev–Trinajstić information content (AvgIpc) is 2.92. The molecule has 0 fully saturated rings. The van der Waals surface area contributed by atoms with Crippen LogP contribution in [0.2, 0.25) is 0 Å². The quantitative estimate of drug-likeness (QED) is 0.465. The normalized spacial score (nSPS) is 13.5. The lowest BCUT2D eigenvalue weighted by Crippen LogP contribution is -3.01. The first-order valence-corrected chi connectivity index (χ1v) is 7.36. The lowest BCUT2D eigenvalue weighted by Gasteiger charge is -2.06. The fourth-order valence-electron chi connectivity index (χ4n) is 2.22. The third-order valence-corrected chi connectivity index (χ3v) is 3.30. The molecule has 0 saturated carbocycles. The van der Waals surface area contributed by atoms with Gasteiger partial charge in [-0.25, -0.2) is 0 Å². The standard InChI is InChI=1S/C15H27N.CN/c1-2-3-4-5-6-7-8-9-10-13-16-14-11-12-15-16;1-2/h11-12,14-15H,2-10,13H2,1H3;/q;-1/p+1. The van der Waals surface area contributed by atoms with Crippen molar-refractivity contribution in [2.45, 2.75) is 64.7 Å². The predicted molar refractivity (Wildman–Crippen MR) is 76.3 cm³/mol. The number of hydrogen-bond donors (Lipinski definition) is 1. The molecule has 18 heavy (non-hydrogen) atoms. The Balaban J connectivity index is 0.00000137. The minimum atomic E-state index is 1.28. The Labute approximate surface area is 113 Å². The van der Waals surface area contributed by atoms with E-state index in [2.05, 4.69) is 31.5 Å². The number of rotatable bonds is 10. The Morgan fingerprint density at radius 3 is 1.72 bits per heavy atom. The zero-order chi connectivity index (χ0) is 13.5. The van der Waals surface area contributed by atoms with Gasteiger partial charge in [-0.15, -0.1) is 0 Å². The molecular formula is C16H28N2. The van der Waals surface area contributed by atoms with Gasteiger partial charge in [0, 0.05) is 0 Å². The summed E-state index contributed by atoms with van der Waals surface area (Å²) in [7, 11) is 0. The van der Waals surface area contributed by atoms with Gasteiger partial charge in [-0.3, -0.25) is 4.90 Å². The lowest BCUT2D eigenvalue weighted by atomic mass is 10.1. The highest BCUT2D eigenvalue weighted by atomic mass is 15.1. The Bertz CT molecular complexity index is 229. The van der Waals surface area contributed by atoms with Crippen molar-refractivity contribution in [1.82, 2.24) is 0 Å². The van der Waals surface area contributed by atoms with Crippen molar-refractivity contribution in [3.05, 3.63) is 31.1 Å². The maximum atomic E-state index is 6.25. The van der Waals surface area contributed by atoms with Crippen LogP contribution in [-0.4, -0.2) is 6.54 Å². The van der Waals surface area contributed by atoms with Crippen LogP contribution >= 0.6 is 0 Å². The number of quaternary nitrogens is 1. The Kier molecular flexibility index (Phi) is 13.2. The van der Waals surface area contributed by atoms with Gasteiger partial charge < -0.3 is 11.8 Å². The van der Waals surface area contributed by atoms with E-state index < -0.39 is 0 Å². The molecule has 0 unspecified atom stereocenters. The second kappa shape index (κ2) is 14.0. The minimum Gasteiger partial charge on any atom is -0.512 e. The smallest absolute Gasteiger partial charge is 0.0990 e. The summed E-state index contributed by atoms with van der Waals surface area (Å²) < 4.78 is 0. The third kappa shape index (κ3) is 10.1. The first-order chi connectivity index (χ1) is 8.93. The van der Waals surface area contributed by atoms with E-state index in [1.165, 1.54) is 69.2 Å². The van der Waals surface area contributed by atoms with Gasteiger partial charge in [-0.1, -0.05) is 51.9 Å². The van der Waals surface area contributed by atoms with E-state index in [4.69, 9.17) is 11.8 Å². The monoisotopic (exact) mass is 248 g/mol. The van der Waals surface area contributed by atoms with Crippen LogP contribution < -0.4 is 4.90 Å². The molecular weight excluding hydrogens is 220 g/mol. The van der Waals surface area contributed by atoms with Gasteiger partial charge in [0.05, 0.1) is 18.9 Å².